The zero-order valence-corrected chi connectivity index (χ0v) is 16.3. The van der Waals surface area contributed by atoms with Gasteiger partial charge in [-0.15, -0.1) is 4.80 Å². The predicted octanol–water partition coefficient (Wildman–Crippen LogP) is 3.70. The normalized spacial score (nSPS) is 12.0. The quantitative estimate of drug-likeness (QED) is 0.457. The number of hydrogen-bond donors (Lipinski definition) is 3. The Bertz CT molecular complexity index is 1230. The van der Waals surface area contributed by atoms with Crippen molar-refractivity contribution in [3.05, 3.63) is 65.5 Å². The number of aliphatic hydroxyl groups excluding tert-OH is 1. The molecule has 1 unspecified atom stereocenters. The highest BCUT2D eigenvalue weighted by Gasteiger charge is 2.17. The number of urea groups is 1. The van der Waals surface area contributed by atoms with E-state index in [0.717, 1.165) is 0 Å². The van der Waals surface area contributed by atoms with Crippen LogP contribution in [0.3, 0.4) is 0 Å². The summed E-state index contributed by atoms with van der Waals surface area (Å²) in [5, 5.41) is 24.0. The molecular formula is C19H15ClFN7O2. The summed E-state index contributed by atoms with van der Waals surface area (Å²) in [5.74, 6) is -0.162. The second-order valence-corrected chi connectivity index (χ2v) is 6.76. The number of carbonyl (C=O) groups excluding carboxylic acids is 1. The number of aliphatic hydroxyl groups is 1. The van der Waals surface area contributed by atoms with E-state index in [1.54, 1.807) is 0 Å². The van der Waals surface area contributed by atoms with Gasteiger partial charge in [0.05, 0.1) is 52.8 Å². The second kappa shape index (κ2) is 8.01. The van der Waals surface area contributed by atoms with E-state index in [-0.39, 0.29) is 10.7 Å². The predicted molar refractivity (Wildman–Crippen MR) is 109 cm³/mol. The number of halogens is 2. The molecule has 3 heterocycles. The zero-order valence-electron chi connectivity index (χ0n) is 15.5. The van der Waals surface area contributed by atoms with Crippen LogP contribution >= 0.6 is 11.6 Å². The number of pyridine rings is 2. The molecule has 0 aliphatic rings. The molecule has 3 N–H and O–H groups in total. The third kappa shape index (κ3) is 3.91. The molecule has 0 bridgehead atoms. The number of fused-ring (bicyclic) bond motifs is 1. The Morgan fingerprint density at radius 1 is 1.17 bits per heavy atom. The molecule has 0 aliphatic heterocycles. The maximum absolute atomic E-state index is 13.7. The Kier molecular flexibility index (Phi) is 5.25. The summed E-state index contributed by atoms with van der Waals surface area (Å²) in [6, 6.07) is 4.93. The highest BCUT2D eigenvalue weighted by Crippen LogP contribution is 2.30. The van der Waals surface area contributed by atoms with E-state index in [2.05, 4.69) is 30.8 Å². The largest absolute Gasteiger partial charge is 0.389 e. The average Bonchev–Trinajstić information content (AvgIpc) is 3.21. The van der Waals surface area contributed by atoms with Crippen LogP contribution in [-0.2, 0) is 0 Å². The minimum atomic E-state index is -0.968. The molecule has 0 aliphatic carbocycles. The minimum absolute atomic E-state index is 0.233. The van der Waals surface area contributed by atoms with Gasteiger partial charge in [0.15, 0.2) is 5.82 Å². The van der Waals surface area contributed by atoms with Gasteiger partial charge in [0.2, 0.25) is 0 Å². The lowest BCUT2D eigenvalue weighted by Crippen LogP contribution is -2.21. The van der Waals surface area contributed by atoms with E-state index in [1.807, 2.05) is 0 Å². The first kappa shape index (κ1) is 19.7. The highest BCUT2D eigenvalue weighted by atomic mass is 35.5. The van der Waals surface area contributed by atoms with Crippen molar-refractivity contribution in [1.82, 2.24) is 25.0 Å². The van der Waals surface area contributed by atoms with E-state index < -0.39 is 18.0 Å². The van der Waals surface area contributed by atoms with Crippen molar-refractivity contribution in [3.8, 4) is 5.82 Å². The lowest BCUT2D eigenvalue weighted by atomic mass is 10.0. The first-order valence-electron chi connectivity index (χ1n) is 8.79. The van der Waals surface area contributed by atoms with Gasteiger partial charge in [0.25, 0.3) is 0 Å². The van der Waals surface area contributed by atoms with Crippen LogP contribution in [-0.4, -0.2) is 36.1 Å². The van der Waals surface area contributed by atoms with E-state index >= 15 is 0 Å². The number of benzene rings is 1. The molecule has 30 heavy (non-hydrogen) atoms. The number of rotatable bonds is 4. The summed E-state index contributed by atoms with van der Waals surface area (Å²) >= 11 is 6.20. The summed E-state index contributed by atoms with van der Waals surface area (Å²) in [6.45, 7) is 1.52. The molecule has 1 atom stereocenters. The number of carbonyl (C=O) groups is 1. The maximum Gasteiger partial charge on any atom is 0.323 e. The van der Waals surface area contributed by atoms with Crippen molar-refractivity contribution in [2.45, 2.75) is 13.0 Å². The van der Waals surface area contributed by atoms with Gasteiger partial charge in [0, 0.05) is 10.9 Å². The van der Waals surface area contributed by atoms with Gasteiger partial charge in [0.1, 0.15) is 5.82 Å². The number of nitrogens with zero attached hydrogens (tertiary/aromatic N) is 5. The van der Waals surface area contributed by atoms with Crippen molar-refractivity contribution in [2.75, 3.05) is 10.6 Å². The molecule has 0 spiro atoms. The van der Waals surface area contributed by atoms with Gasteiger partial charge >= 0.3 is 6.03 Å². The number of amides is 2. The Morgan fingerprint density at radius 3 is 2.63 bits per heavy atom. The second-order valence-electron chi connectivity index (χ2n) is 6.35. The molecular weight excluding hydrogens is 413 g/mol. The van der Waals surface area contributed by atoms with E-state index in [4.69, 9.17) is 11.6 Å². The molecule has 0 radical (unpaired) electrons. The zero-order chi connectivity index (χ0) is 21.3. The van der Waals surface area contributed by atoms with E-state index in [9.17, 15) is 14.3 Å². The van der Waals surface area contributed by atoms with Crippen LogP contribution in [0.15, 0.2) is 49.1 Å². The standard InChI is InChI=1S/C19H15ClFN7O2/c1-10(29)17-13-6-11(21)2-3-15(13)22-9-16(17)27-19(30)26-12-7-14(20)18(23-8-12)28-24-4-5-25-28/h2-10,29H,1H3,(H2,26,27,30). The number of hydrogen-bond acceptors (Lipinski definition) is 6. The van der Waals surface area contributed by atoms with Crippen molar-refractivity contribution >= 4 is 39.9 Å². The van der Waals surface area contributed by atoms with Gasteiger partial charge in [-0.25, -0.2) is 14.2 Å². The minimum Gasteiger partial charge on any atom is -0.389 e. The average molecular weight is 428 g/mol. The van der Waals surface area contributed by atoms with Crippen molar-refractivity contribution < 1.29 is 14.3 Å². The summed E-state index contributed by atoms with van der Waals surface area (Å²) in [5.41, 5.74) is 1.42. The van der Waals surface area contributed by atoms with Gasteiger partial charge in [-0.05, 0) is 31.2 Å². The Labute approximate surface area is 174 Å². The molecule has 9 nitrogen and oxygen atoms in total. The monoisotopic (exact) mass is 427 g/mol. The number of nitrogens with one attached hydrogen (secondary N) is 2. The highest BCUT2D eigenvalue weighted by molar-refractivity contribution is 6.32. The van der Waals surface area contributed by atoms with Crippen molar-refractivity contribution in [3.63, 3.8) is 0 Å². The van der Waals surface area contributed by atoms with E-state index in [1.165, 1.54) is 60.8 Å². The van der Waals surface area contributed by atoms with Crippen molar-refractivity contribution in [1.29, 1.82) is 0 Å². The SMILES string of the molecule is CC(O)c1c(NC(=O)Nc2cnc(-n3nccn3)c(Cl)c2)cnc2ccc(F)cc12. The van der Waals surface area contributed by atoms with Crippen LogP contribution in [0, 0.1) is 5.82 Å². The smallest absolute Gasteiger partial charge is 0.323 e. The Morgan fingerprint density at radius 2 is 1.93 bits per heavy atom. The van der Waals surface area contributed by atoms with Crippen LogP contribution in [0.4, 0.5) is 20.6 Å². The summed E-state index contributed by atoms with van der Waals surface area (Å²) in [7, 11) is 0. The molecule has 0 fully saturated rings. The first-order chi connectivity index (χ1) is 14.4. The lowest BCUT2D eigenvalue weighted by molar-refractivity contribution is 0.201. The molecule has 2 amide bonds. The van der Waals surface area contributed by atoms with Crippen LogP contribution in [0.25, 0.3) is 16.7 Å². The van der Waals surface area contributed by atoms with Crippen LogP contribution in [0.5, 0.6) is 0 Å². The van der Waals surface area contributed by atoms with Gasteiger partial charge in [-0.2, -0.15) is 10.2 Å². The molecule has 1 aromatic carbocycles. The van der Waals surface area contributed by atoms with Crippen molar-refractivity contribution in [2.24, 2.45) is 0 Å². The van der Waals surface area contributed by atoms with Crippen LogP contribution in [0.1, 0.15) is 18.6 Å². The fraction of sp³-hybridized carbons (Fsp3) is 0.105. The Balaban J connectivity index is 1.58. The molecule has 4 aromatic rings. The first-order valence-corrected chi connectivity index (χ1v) is 9.16. The fourth-order valence-electron chi connectivity index (χ4n) is 2.99. The molecule has 3 aromatic heterocycles. The number of aromatic nitrogens is 5. The van der Waals surface area contributed by atoms with Crippen LogP contribution in [0.2, 0.25) is 5.02 Å². The third-order valence-corrected chi connectivity index (χ3v) is 4.50. The Hall–Kier alpha value is -3.63. The van der Waals surface area contributed by atoms with Crippen LogP contribution < -0.4 is 10.6 Å². The topological polar surface area (TPSA) is 118 Å². The number of anilines is 2. The molecule has 4 rings (SSSR count). The molecule has 152 valence electrons. The molecule has 11 heteroatoms. The summed E-state index contributed by atoms with van der Waals surface area (Å²) in [6.07, 6.45) is 4.80. The molecule has 0 saturated heterocycles. The van der Waals surface area contributed by atoms with Gasteiger partial charge in [-0.3, -0.25) is 4.98 Å². The summed E-state index contributed by atoms with van der Waals surface area (Å²) in [4.78, 5) is 22.1. The summed E-state index contributed by atoms with van der Waals surface area (Å²) < 4.78 is 13.7. The fourth-order valence-corrected chi connectivity index (χ4v) is 3.23. The van der Waals surface area contributed by atoms with Gasteiger partial charge < -0.3 is 15.7 Å². The van der Waals surface area contributed by atoms with Gasteiger partial charge in [-0.1, -0.05) is 11.6 Å². The maximum atomic E-state index is 13.7. The third-order valence-electron chi connectivity index (χ3n) is 4.23. The molecule has 0 saturated carbocycles. The van der Waals surface area contributed by atoms with E-state index in [0.29, 0.717) is 28.0 Å². The lowest BCUT2D eigenvalue weighted by Gasteiger charge is -2.16.